The van der Waals surface area contributed by atoms with E-state index in [1.165, 1.54) is 0 Å². The van der Waals surface area contributed by atoms with E-state index in [9.17, 15) is 8.42 Å². The van der Waals surface area contributed by atoms with Crippen LogP contribution < -0.4 is 5.32 Å². The van der Waals surface area contributed by atoms with Crippen molar-refractivity contribution in [3.05, 3.63) is 30.1 Å². The van der Waals surface area contributed by atoms with Gasteiger partial charge in [0.2, 0.25) is 0 Å². The smallest absolute Gasteiger partial charge is 0.193 e. The van der Waals surface area contributed by atoms with Crippen LogP contribution >= 0.6 is 24.0 Å². The number of halogens is 1. The molecule has 0 aliphatic carbocycles. The lowest BCUT2D eigenvalue weighted by Gasteiger charge is -2.39. The van der Waals surface area contributed by atoms with E-state index in [-0.39, 0.29) is 29.7 Å². The normalized spacial score (nSPS) is 18.7. The van der Waals surface area contributed by atoms with Crippen LogP contribution in [0.1, 0.15) is 33.0 Å². The average molecular weight is 519 g/mol. The number of fused-ring (bicyclic) bond motifs is 1. The SMILES string of the molecule is CCNC(=NCCCc1nc2ccccc2[nH]1)N1CCS(=O)(=O)C(C)(C)C1.I. The van der Waals surface area contributed by atoms with Crippen LogP contribution in [-0.2, 0) is 16.3 Å². The van der Waals surface area contributed by atoms with E-state index in [1.807, 2.05) is 31.2 Å². The van der Waals surface area contributed by atoms with Crippen LogP contribution in [-0.4, -0.2) is 65.9 Å². The van der Waals surface area contributed by atoms with Gasteiger partial charge in [-0.2, -0.15) is 0 Å². The van der Waals surface area contributed by atoms with Gasteiger partial charge in [-0.1, -0.05) is 12.1 Å². The van der Waals surface area contributed by atoms with Crippen molar-refractivity contribution < 1.29 is 8.42 Å². The third-order valence-electron chi connectivity index (χ3n) is 4.95. The molecule has 0 unspecified atom stereocenters. The standard InChI is InChI=1S/C19H29N5O2S.HI/c1-4-20-18(24-12-13-27(25,26)19(2,3)14-24)21-11-7-10-17-22-15-8-5-6-9-16(15)23-17;/h5-6,8-9H,4,7,10-14H2,1-3H3,(H,20,21)(H,22,23);1H. The number of para-hydroxylation sites is 2. The van der Waals surface area contributed by atoms with Crippen LogP contribution in [0.15, 0.2) is 29.3 Å². The number of guanidine groups is 1. The van der Waals surface area contributed by atoms with E-state index in [4.69, 9.17) is 4.99 Å². The summed E-state index contributed by atoms with van der Waals surface area (Å²) < 4.78 is 23.7. The second kappa shape index (κ2) is 9.43. The first kappa shape index (κ1) is 22.9. The lowest BCUT2D eigenvalue weighted by Crippen LogP contribution is -2.57. The highest BCUT2D eigenvalue weighted by molar-refractivity contribution is 14.0. The van der Waals surface area contributed by atoms with Crippen molar-refractivity contribution in [3.63, 3.8) is 0 Å². The summed E-state index contributed by atoms with van der Waals surface area (Å²) in [5.41, 5.74) is 2.04. The molecular weight excluding hydrogens is 489 g/mol. The Hall–Kier alpha value is -1.36. The second-order valence-corrected chi connectivity index (χ2v) is 10.3. The molecule has 0 saturated carbocycles. The van der Waals surface area contributed by atoms with Crippen LogP contribution in [0.2, 0.25) is 0 Å². The Labute approximate surface area is 184 Å². The molecule has 7 nitrogen and oxygen atoms in total. The van der Waals surface area contributed by atoms with Gasteiger partial charge in [-0.05, 0) is 39.3 Å². The summed E-state index contributed by atoms with van der Waals surface area (Å²) >= 11 is 0. The number of H-pyrrole nitrogens is 1. The molecule has 1 aromatic heterocycles. The minimum absolute atomic E-state index is 0. The molecule has 1 saturated heterocycles. The number of sulfone groups is 1. The number of benzene rings is 1. The molecule has 0 bridgehead atoms. The molecule has 28 heavy (non-hydrogen) atoms. The van der Waals surface area contributed by atoms with Gasteiger partial charge >= 0.3 is 0 Å². The molecule has 2 aromatic rings. The van der Waals surface area contributed by atoms with Crippen molar-refractivity contribution in [2.75, 3.05) is 31.9 Å². The Balaban J connectivity index is 0.00000280. The fourth-order valence-corrected chi connectivity index (χ4v) is 4.67. The Morgan fingerprint density at radius 1 is 1.36 bits per heavy atom. The zero-order chi connectivity index (χ0) is 19.5. The number of hydrogen-bond acceptors (Lipinski definition) is 4. The number of imidazole rings is 1. The number of aromatic nitrogens is 2. The Morgan fingerprint density at radius 3 is 2.79 bits per heavy atom. The largest absolute Gasteiger partial charge is 0.357 e. The van der Waals surface area contributed by atoms with Gasteiger partial charge in [-0.3, -0.25) is 4.99 Å². The fraction of sp³-hybridized carbons (Fsp3) is 0.579. The summed E-state index contributed by atoms with van der Waals surface area (Å²) in [5.74, 6) is 1.94. The van der Waals surface area contributed by atoms with E-state index >= 15 is 0 Å². The van der Waals surface area contributed by atoms with Gasteiger partial charge in [0.1, 0.15) is 5.82 Å². The lowest BCUT2D eigenvalue weighted by atomic mass is 10.2. The maximum absolute atomic E-state index is 12.2. The average Bonchev–Trinajstić information content (AvgIpc) is 3.03. The number of aryl methyl sites for hydroxylation is 1. The van der Waals surface area contributed by atoms with Crippen LogP contribution in [0.5, 0.6) is 0 Å². The second-order valence-electron chi connectivity index (χ2n) is 7.54. The van der Waals surface area contributed by atoms with Gasteiger partial charge in [0.15, 0.2) is 15.8 Å². The van der Waals surface area contributed by atoms with Crippen molar-refractivity contribution in [2.45, 2.75) is 38.4 Å². The van der Waals surface area contributed by atoms with Crippen molar-refractivity contribution in [1.29, 1.82) is 0 Å². The maximum atomic E-state index is 12.2. The number of aromatic amines is 1. The third kappa shape index (κ3) is 5.16. The van der Waals surface area contributed by atoms with Gasteiger partial charge < -0.3 is 15.2 Å². The predicted octanol–water partition coefficient (Wildman–Crippen LogP) is 2.59. The predicted molar refractivity (Wildman–Crippen MR) is 125 cm³/mol. The van der Waals surface area contributed by atoms with Crippen molar-refractivity contribution in [2.24, 2.45) is 4.99 Å². The summed E-state index contributed by atoms with van der Waals surface area (Å²) in [6, 6.07) is 8.01. The van der Waals surface area contributed by atoms with Crippen LogP contribution in [0.3, 0.4) is 0 Å². The summed E-state index contributed by atoms with van der Waals surface area (Å²) in [4.78, 5) is 14.7. The number of aliphatic imine (C=N–C) groups is 1. The quantitative estimate of drug-likeness (QED) is 0.274. The van der Waals surface area contributed by atoms with E-state index in [1.54, 1.807) is 13.8 Å². The van der Waals surface area contributed by atoms with E-state index in [0.717, 1.165) is 42.2 Å². The molecule has 1 fully saturated rings. The Morgan fingerprint density at radius 2 is 2.11 bits per heavy atom. The topological polar surface area (TPSA) is 90.4 Å². The molecule has 1 aliphatic rings. The molecule has 2 heterocycles. The highest BCUT2D eigenvalue weighted by Crippen LogP contribution is 2.23. The molecule has 1 aromatic carbocycles. The first-order valence-corrected chi connectivity index (χ1v) is 11.2. The van der Waals surface area contributed by atoms with Gasteiger partial charge in [-0.25, -0.2) is 13.4 Å². The molecule has 156 valence electrons. The first-order valence-electron chi connectivity index (χ1n) is 9.51. The van der Waals surface area contributed by atoms with Gasteiger partial charge in [0, 0.05) is 32.6 Å². The fourth-order valence-electron chi connectivity index (χ4n) is 3.31. The number of hydrogen-bond donors (Lipinski definition) is 2. The minimum atomic E-state index is -3.05. The van der Waals surface area contributed by atoms with E-state index in [0.29, 0.717) is 19.6 Å². The minimum Gasteiger partial charge on any atom is -0.357 e. The summed E-state index contributed by atoms with van der Waals surface area (Å²) in [6.45, 7) is 7.98. The summed E-state index contributed by atoms with van der Waals surface area (Å²) in [5, 5.41) is 3.30. The zero-order valence-electron chi connectivity index (χ0n) is 16.7. The Bertz CT molecular complexity index is 890. The number of nitrogens with one attached hydrogen (secondary N) is 2. The molecule has 0 atom stereocenters. The zero-order valence-corrected chi connectivity index (χ0v) is 19.9. The van der Waals surface area contributed by atoms with E-state index in [2.05, 4.69) is 20.2 Å². The van der Waals surface area contributed by atoms with Crippen LogP contribution in [0.4, 0.5) is 0 Å². The molecular formula is C19H30IN5O2S. The monoisotopic (exact) mass is 519 g/mol. The molecule has 2 N–H and O–H groups in total. The molecule has 0 amide bonds. The Kier molecular flexibility index (Phi) is 7.72. The third-order valence-corrected chi connectivity index (χ3v) is 7.48. The highest BCUT2D eigenvalue weighted by Gasteiger charge is 2.40. The molecule has 9 heteroatoms. The van der Waals surface area contributed by atoms with Crippen LogP contribution in [0, 0.1) is 0 Å². The molecule has 0 spiro atoms. The molecule has 1 aliphatic heterocycles. The van der Waals surface area contributed by atoms with E-state index < -0.39 is 14.6 Å². The van der Waals surface area contributed by atoms with Gasteiger partial charge in [0.05, 0.1) is 21.5 Å². The van der Waals surface area contributed by atoms with Crippen LogP contribution in [0.25, 0.3) is 11.0 Å². The van der Waals surface area contributed by atoms with Crippen molar-refractivity contribution in [3.8, 4) is 0 Å². The number of rotatable bonds is 5. The lowest BCUT2D eigenvalue weighted by molar-refractivity contribution is 0.353. The molecule has 3 rings (SSSR count). The van der Waals surface area contributed by atoms with Crippen molar-refractivity contribution >= 4 is 50.8 Å². The van der Waals surface area contributed by atoms with Gasteiger partial charge in [-0.15, -0.1) is 24.0 Å². The molecule has 0 radical (unpaired) electrons. The van der Waals surface area contributed by atoms with Crippen molar-refractivity contribution in [1.82, 2.24) is 20.2 Å². The summed E-state index contributed by atoms with van der Waals surface area (Å²) in [6.07, 6.45) is 1.71. The highest BCUT2D eigenvalue weighted by atomic mass is 127. The summed E-state index contributed by atoms with van der Waals surface area (Å²) in [7, 11) is -3.05. The van der Waals surface area contributed by atoms with Gasteiger partial charge in [0.25, 0.3) is 0 Å². The number of nitrogens with zero attached hydrogens (tertiary/aromatic N) is 3. The first-order chi connectivity index (χ1) is 12.8. The maximum Gasteiger partial charge on any atom is 0.193 e.